The maximum Gasteiger partial charge on any atom is 0.347 e. The Balaban J connectivity index is 1.45. The molecule has 0 unspecified atom stereocenters. The Morgan fingerprint density at radius 1 is 0.914 bits per heavy atom. The maximum atomic E-state index is 15.0. The summed E-state index contributed by atoms with van der Waals surface area (Å²) in [7, 11) is 0. The molecule has 0 atom stereocenters. The molecule has 0 aliphatic heterocycles. The fraction of sp³-hybridized carbons (Fsp3) is 0.516. The first-order valence-corrected chi connectivity index (χ1v) is 13.6. The van der Waals surface area contributed by atoms with Gasteiger partial charge < -0.3 is 9.15 Å². The van der Waals surface area contributed by atoms with Gasteiger partial charge in [-0.25, -0.2) is 9.18 Å². The van der Waals surface area contributed by atoms with Crippen LogP contribution in [-0.2, 0) is 0 Å². The quantitative estimate of drug-likeness (QED) is 0.258. The molecule has 2 aromatic carbocycles. The highest BCUT2D eigenvalue weighted by Crippen LogP contribution is 2.38. The van der Waals surface area contributed by atoms with Crippen LogP contribution in [0.1, 0.15) is 96.0 Å². The van der Waals surface area contributed by atoms with Gasteiger partial charge in [0.15, 0.2) is 11.6 Å². The zero-order valence-corrected chi connectivity index (χ0v) is 21.3. The molecule has 0 amide bonds. The lowest BCUT2D eigenvalue weighted by atomic mass is 9.77. The van der Waals surface area contributed by atoms with E-state index in [-0.39, 0.29) is 11.1 Å². The molecule has 188 valence electrons. The summed E-state index contributed by atoms with van der Waals surface area (Å²) in [6.07, 6.45) is 13.3. The summed E-state index contributed by atoms with van der Waals surface area (Å²) in [6, 6.07) is 13.5. The van der Waals surface area contributed by atoms with Gasteiger partial charge in [-0.05, 0) is 67.0 Å². The second kappa shape index (κ2) is 12.4. The summed E-state index contributed by atoms with van der Waals surface area (Å²) in [6.45, 7) is 4.85. The van der Waals surface area contributed by atoms with Crippen LogP contribution in [0.4, 0.5) is 4.39 Å². The standard InChI is InChI=1S/C31H39FO3/c1-3-5-7-8-20-34-27-19-18-26-21-28(35-31(33)29(26)30(27)32)25-16-14-24(15-17-25)23-12-10-22(11-13-23)9-6-4-2/h14-19,21-23H,3-13,20H2,1-2H3. The van der Waals surface area contributed by atoms with Crippen LogP contribution in [0.25, 0.3) is 22.1 Å². The van der Waals surface area contributed by atoms with E-state index in [0.29, 0.717) is 23.7 Å². The molecular weight excluding hydrogens is 439 g/mol. The minimum atomic E-state index is -0.666. The van der Waals surface area contributed by atoms with Crippen molar-refractivity contribution >= 4 is 10.8 Å². The summed E-state index contributed by atoms with van der Waals surface area (Å²) in [5.41, 5.74) is 1.53. The Morgan fingerprint density at radius 3 is 2.37 bits per heavy atom. The van der Waals surface area contributed by atoms with Gasteiger partial charge in [0.1, 0.15) is 11.1 Å². The molecule has 1 aliphatic rings. The Kier molecular flexibility index (Phi) is 9.01. The molecule has 1 aromatic heterocycles. The highest BCUT2D eigenvalue weighted by atomic mass is 19.1. The molecular formula is C31H39FO3. The Bertz CT molecular complexity index is 1140. The highest BCUT2D eigenvalue weighted by Gasteiger charge is 2.22. The predicted octanol–water partition coefficient (Wildman–Crippen LogP) is 9.02. The van der Waals surface area contributed by atoms with Gasteiger partial charge in [0.25, 0.3) is 0 Å². The number of fused-ring (bicyclic) bond motifs is 1. The van der Waals surface area contributed by atoms with Crippen molar-refractivity contribution in [3.8, 4) is 17.1 Å². The lowest BCUT2D eigenvalue weighted by Gasteiger charge is -2.28. The van der Waals surface area contributed by atoms with E-state index in [1.165, 1.54) is 50.5 Å². The molecule has 1 aliphatic carbocycles. The SMILES string of the molecule is CCCCCCOc1ccc2cc(-c3ccc(C4CCC(CCCC)CC4)cc3)oc(=O)c2c1F. The van der Waals surface area contributed by atoms with Gasteiger partial charge in [0, 0.05) is 5.56 Å². The molecule has 1 heterocycles. The number of benzene rings is 2. The van der Waals surface area contributed by atoms with E-state index in [1.807, 2.05) is 12.1 Å². The number of halogens is 1. The van der Waals surface area contributed by atoms with Gasteiger partial charge in [-0.2, -0.15) is 0 Å². The summed E-state index contributed by atoms with van der Waals surface area (Å²) in [4.78, 5) is 12.7. The monoisotopic (exact) mass is 478 g/mol. The molecule has 1 saturated carbocycles. The number of rotatable bonds is 11. The first-order valence-electron chi connectivity index (χ1n) is 13.6. The van der Waals surface area contributed by atoms with Gasteiger partial charge >= 0.3 is 5.63 Å². The zero-order valence-electron chi connectivity index (χ0n) is 21.3. The van der Waals surface area contributed by atoms with Gasteiger partial charge in [-0.1, -0.05) is 82.7 Å². The molecule has 0 saturated heterocycles. The fourth-order valence-corrected chi connectivity index (χ4v) is 5.38. The van der Waals surface area contributed by atoms with E-state index in [0.717, 1.165) is 37.2 Å². The fourth-order valence-electron chi connectivity index (χ4n) is 5.38. The number of unbranched alkanes of at least 4 members (excludes halogenated alkanes) is 4. The smallest absolute Gasteiger partial charge is 0.347 e. The van der Waals surface area contributed by atoms with Crippen molar-refractivity contribution in [2.24, 2.45) is 5.92 Å². The van der Waals surface area contributed by atoms with E-state index < -0.39 is 11.4 Å². The topological polar surface area (TPSA) is 39.4 Å². The van der Waals surface area contributed by atoms with Crippen molar-refractivity contribution in [3.63, 3.8) is 0 Å². The molecule has 0 radical (unpaired) electrons. The third-order valence-electron chi connectivity index (χ3n) is 7.57. The molecule has 0 N–H and O–H groups in total. The third kappa shape index (κ3) is 6.34. The molecule has 4 heteroatoms. The van der Waals surface area contributed by atoms with Crippen molar-refractivity contribution < 1.29 is 13.5 Å². The molecule has 3 nitrogen and oxygen atoms in total. The first-order chi connectivity index (χ1) is 17.1. The number of hydrogen-bond donors (Lipinski definition) is 0. The van der Waals surface area contributed by atoms with Crippen LogP contribution in [0.15, 0.2) is 51.7 Å². The van der Waals surface area contributed by atoms with Crippen LogP contribution >= 0.6 is 0 Å². The lowest BCUT2D eigenvalue weighted by molar-refractivity contribution is 0.291. The van der Waals surface area contributed by atoms with E-state index in [4.69, 9.17) is 9.15 Å². The van der Waals surface area contributed by atoms with Crippen LogP contribution in [0.5, 0.6) is 5.75 Å². The van der Waals surface area contributed by atoms with Crippen LogP contribution in [0.3, 0.4) is 0 Å². The lowest BCUT2D eigenvalue weighted by Crippen LogP contribution is -2.13. The molecule has 0 bridgehead atoms. The zero-order chi connectivity index (χ0) is 24.6. The average Bonchev–Trinajstić information content (AvgIpc) is 2.88. The van der Waals surface area contributed by atoms with E-state index in [1.54, 1.807) is 18.2 Å². The third-order valence-corrected chi connectivity index (χ3v) is 7.57. The second-order valence-electron chi connectivity index (χ2n) is 10.1. The molecule has 3 aromatic rings. The van der Waals surface area contributed by atoms with Crippen molar-refractivity contribution in [1.82, 2.24) is 0 Å². The summed E-state index contributed by atoms with van der Waals surface area (Å²) in [5, 5.41) is 0.484. The Hall–Kier alpha value is -2.62. The summed E-state index contributed by atoms with van der Waals surface area (Å²) < 4.78 is 26.2. The largest absolute Gasteiger partial charge is 0.490 e. The second-order valence-corrected chi connectivity index (χ2v) is 10.1. The van der Waals surface area contributed by atoms with E-state index in [2.05, 4.69) is 26.0 Å². The van der Waals surface area contributed by atoms with Crippen molar-refractivity contribution in [2.45, 2.75) is 90.4 Å². The Morgan fingerprint density at radius 2 is 1.66 bits per heavy atom. The highest BCUT2D eigenvalue weighted by molar-refractivity contribution is 5.86. The first kappa shape index (κ1) is 25.5. The summed E-state index contributed by atoms with van der Waals surface area (Å²) in [5.74, 6) is 1.45. The predicted molar refractivity (Wildman–Crippen MR) is 142 cm³/mol. The molecule has 4 rings (SSSR count). The van der Waals surface area contributed by atoms with Crippen LogP contribution in [-0.4, -0.2) is 6.61 Å². The van der Waals surface area contributed by atoms with Gasteiger partial charge in [0.05, 0.1) is 6.61 Å². The van der Waals surface area contributed by atoms with Crippen LogP contribution in [0.2, 0.25) is 0 Å². The average molecular weight is 479 g/mol. The van der Waals surface area contributed by atoms with Gasteiger partial charge in [-0.15, -0.1) is 0 Å². The van der Waals surface area contributed by atoms with Gasteiger partial charge in [0.2, 0.25) is 0 Å². The number of ether oxygens (including phenoxy) is 1. The van der Waals surface area contributed by atoms with Crippen molar-refractivity contribution in [1.29, 1.82) is 0 Å². The minimum absolute atomic E-state index is 0.0451. The molecule has 0 spiro atoms. The van der Waals surface area contributed by atoms with Crippen LogP contribution in [0, 0.1) is 11.7 Å². The molecule has 1 fully saturated rings. The normalized spacial score (nSPS) is 18.1. The summed E-state index contributed by atoms with van der Waals surface area (Å²) >= 11 is 0. The van der Waals surface area contributed by atoms with E-state index >= 15 is 4.39 Å². The minimum Gasteiger partial charge on any atom is -0.490 e. The van der Waals surface area contributed by atoms with Crippen LogP contribution < -0.4 is 10.4 Å². The number of hydrogen-bond acceptors (Lipinski definition) is 3. The Labute approximate surface area is 208 Å². The van der Waals surface area contributed by atoms with Crippen molar-refractivity contribution in [2.75, 3.05) is 6.61 Å². The van der Waals surface area contributed by atoms with E-state index in [9.17, 15) is 4.79 Å². The maximum absolute atomic E-state index is 15.0. The van der Waals surface area contributed by atoms with Crippen molar-refractivity contribution in [3.05, 3.63) is 64.3 Å². The molecule has 35 heavy (non-hydrogen) atoms. The van der Waals surface area contributed by atoms with Gasteiger partial charge in [-0.3, -0.25) is 0 Å².